The largest absolute Gasteiger partial charge is 0.449 e. The first-order valence-corrected chi connectivity index (χ1v) is 8.91. The Bertz CT molecular complexity index is 778. The smallest absolute Gasteiger partial charge is 0.342 e. The normalized spacial score (nSPS) is 11.9. The van der Waals surface area contributed by atoms with Crippen molar-refractivity contribution in [2.75, 3.05) is 6.54 Å². The Morgan fingerprint density at radius 3 is 2.46 bits per heavy atom. The van der Waals surface area contributed by atoms with Crippen molar-refractivity contribution in [2.24, 2.45) is 0 Å². The van der Waals surface area contributed by atoms with E-state index in [2.05, 4.69) is 10.4 Å². The molecule has 0 aliphatic heterocycles. The van der Waals surface area contributed by atoms with Crippen LogP contribution in [-0.4, -0.2) is 34.3 Å². The van der Waals surface area contributed by atoms with Crippen LogP contribution in [-0.2, 0) is 16.1 Å². The van der Waals surface area contributed by atoms with E-state index < -0.39 is 12.1 Å². The van der Waals surface area contributed by atoms with Crippen molar-refractivity contribution < 1.29 is 14.3 Å². The molecule has 1 heterocycles. The number of carbonyl (C=O) groups excluding carboxylic acids is 2. The van der Waals surface area contributed by atoms with E-state index in [4.69, 9.17) is 4.74 Å². The van der Waals surface area contributed by atoms with Gasteiger partial charge < -0.3 is 10.1 Å². The van der Waals surface area contributed by atoms with E-state index >= 15 is 0 Å². The summed E-state index contributed by atoms with van der Waals surface area (Å²) >= 11 is 0. The Morgan fingerprint density at radius 1 is 1.19 bits per heavy atom. The lowest BCUT2D eigenvalue weighted by Crippen LogP contribution is -2.36. The van der Waals surface area contributed by atoms with Crippen LogP contribution in [0.3, 0.4) is 0 Å². The molecule has 0 spiro atoms. The standard InChI is InChI=1S/C20H27N3O3/c1-6-11-21-19(24)16(5)26-20(25)18-14(3)22-23(15(18)4)12-17-9-7-13(2)8-10-17/h7-10,16H,6,11-12H2,1-5H3,(H,21,24)/t16-/m1/s1. The van der Waals surface area contributed by atoms with Gasteiger partial charge in [0, 0.05) is 6.54 Å². The maximum atomic E-state index is 12.5. The number of aromatic nitrogens is 2. The molecule has 1 amide bonds. The van der Waals surface area contributed by atoms with Gasteiger partial charge in [-0.15, -0.1) is 0 Å². The molecule has 2 rings (SSSR count). The second-order valence-electron chi connectivity index (χ2n) is 6.53. The maximum absolute atomic E-state index is 12.5. The Kier molecular flexibility index (Phi) is 6.55. The van der Waals surface area contributed by atoms with Crippen molar-refractivity contribution in [3.05, 3.63) is 52.3 Å². The highest BCUT2D eigenvalue weighted by atomic mass is 16.5. The summed E-state index contributed by atoms with van der Waals surface area (Å²) in [5.41, 5.74) is 4.05. The highest BCUT2D eigenvalue weighted by molar-refractivity contribution is 5.94. The summed E-state index contributed by atoms with van der Waals surface area (Å²) in [5.74, 6) is -0.808. The number of benzene rings is 1. The van der Waals surface area contributed by atoms with Crippen LogP contribution in [0.2, 0.25) is 0 Å². The number of amides is 1. The Balaban J connectivity index is 2.12. The highest BCUT2D eigenvalue weighted by Crippen LogP contribution is 2.17. The van der Waals surface area contributed by atoms with E-state index in [1.165, 1.54) is 5.56 Å². The van der Waals surface area contributed by atoms with Gasteiger partial charge in [0.2, 0.25) is 0 Å². The zero-order chi connectivity index (χ0) is 19.3. The lowest BCUT2D eigenvalue weighted by Gasteiger charge is -2.13. The number of ether oxygens (including phenoxy) is 1. The van der Waals surface area contributed by atoms with E-state index in [1.54, 1.807) is 18.5 Å². The SMILES string of the molecule is CCCNC(=O)[C@@H](C)OC(=O)c1c(C)nn(Cc2ccc(C)cc2)c1C. The van der Waals surface area contributed by atoms with E-state index in [0.717, 1.165) is 17.7 Å². The quantitative estimate of drug-likeness (QED) is 0.773. The number of carbonyl (C=O) groups is 2. The molecule has 0 unspecified atom stereocenters. The van der Waals surface area contributed by atoms with Gasteiger partial charge in [0.25, 0.3) is 5.91 Å². The lowest BCUT2D eigenvalue weighted by molar-refractivity contribution is -0.129. The molecular formula is C20H27N3O3. The van der Waals surface area contributed by atoms with Crippen molar-refractivity contribution >= 4 is 11.9 Å². The molecule has 0 saturated carbocycles. The van der Waals surface area contributed by atoms with E-state index in [-0.39, 0.29) is 5.91 Å². The zero-order valence-corrected chi connectivity index (χ0v) is 16.1. The van der Waals surface area contributed by atoms with Crippen molar-refractivity contribution in [2.45, 2.75) is 53.7 Å². The molecule has 1 aromatic carbocycles. The summed E-state index contributed by atoms with van der Waals surface area (Å²) in [6.07, 6.45) is -0.00977. The molecule has 0 bridgehead atoms. The van der Waals surface area contributed by atoms with Crippen LogP contribution in [0.15, 0.2) is 24.3 Å². The van der Waals surface area contributed by atoms with Gasteiger partial charge in [-0.1, -0.05) is 36.8 Å². The average Bonchev–Trinajstić information content (AvgIpc) is 2.88. The molecule has 6 heteroatoms. The van der Waals surface area contributed by atoms with Crippen LogP contribution in [0.25, 0.3) is 0 Å². The number of nitrogens with one attached hydrogen (secondary N) is 1. The Labute approximate surface area is 154 Å². The number of hydrogen-bond donors (Lipinski definition) is 1. The molecular weight excluding hydrogens is 330 g/mol. The fraction of sp³-hybridized carbons (Fsp3) is 0.450. The second kappa shape index (κ2) is 8.65. The van der Waals surface area contributed by atoms with Gasteiger partial charge in [-0.25, -0.2) is 4.79 Å². The average molecular weight is 357 g/mol. The van der Waals surface area contributed by atoms with Gasteiger partial charge in [0.05, 0.1) is 17.9 Å². The van der Waals surface area contributed by atoms with Gasteiger partial charge in [0.1, 0.15) is 5.56 Å². The van der Waals surface area contributed by atoms with Gasteiger partial charge in [0.15, 0.2) is 6.10 Å². The summed E-state index contributed by atoms with van der Waals surface area (Å²) in [5, 5.41) is 7.19. The lowest BCUT2D eigenvalue weighted by atomic mass is 10.1. The van der Waals surface area contributed by atoms with Crippen LogP contribution in [0.1, 0.15) is 53.1 Å². The van der Waals surface area contributed by atoms with Gasteiger partial charge >= 0.3 is 5.97 Å². The number of esters is 1. The number of nitrogens with zero attached hydrogens (tertiary/aromatic N) is 2. The van der Waals surface area contributed by atoms with Crippen LogP contribution in [0.4, 0.5) is 0 Å². The Hall–Kier alpha value is -2.63. The minimum Gasteiger partial charge on any atom is -0.449 e. The highest BCUT2D eigenvalue weighted by Gasteiger charge is 2.24. The first kappa shape index (κ1) is 19.7. The minimum atomic E-state index is -0.840. The van der Waals surface area contributed by atoms with Crippen LogP contribution in [0.5, 0.6) is 0 Å². The third-order valence-electron chi connectivity index (χ3n) is 4.24. The van der Waals surface area contributed by atoms with E-state index in [9.17, 15) is 9.59 Å². The molecule has 0 aliphatic carbocycles. The molecule has 6 nitrogen and oxygen atoms in total. The monoisotopic (exact) mass is 357 g/mol. The molecule has 140 valence electrons. The summed E-state index contributed by atoms with van der Waals surface area (Å²) in [6, 6.07) is 8.19. The molecule has 1 atom stereocenters. The molecule has 0 fully saturated rings. The summed E-state index contributed by atoms with van der Waals surface area (Å²) < 4.78 is 7.12. The molecule has 0 aliphatic rings. The topological polar surface area (TPSA) is 73.2 Å². The third-order valence-corrected chi connectivity index (χ3v) is 4.24. The summed E-state index contributed by atoms with van der Waals surface area (Å²) in [7, 11) is 0. The maximum Gasteiger partial charge on any atom is 0.342 e. The molecule has 1 N–H and O–H groups in total. The van der Waals surface area contributed by atoms with Crippen molar-refractivity contribution in [1.82, 2.24) is 15.1 Å². The van der Waals surface area contributed by atoms with Crippen molar-refractivity contribution in [3.8, 4) is 0 Å². The molecule has 2 aromatic rings. The summed E-state index contributed by atoms with van der Waals surface area (Å²) in [4.78, 5) is 24.4. The predicted molar refractivity (Wildman–Crippen MR) is 100 cm³/mol. The first-order chi connectivity index (χ1) is 12.3. The van der Waals surface area contributed by atoms with Gasteiger partial charge in [-0.2, -0.15) is 5.10 Å². The zero-order valence-electron chi connectivity index (χ0n) is 16.1. The van der Waals surface area contributed by atoms with Gasteiger partial charge in [-0.05, 0) is 39.7 Å². The third kappa shape index (κ3) is 4.71. The van der Waals surface area contributed by atoms with E-state index in [1.807, 2.05) is 45.0 Å². The van der Waals surface area contributed by atoms with Crippen LogP contribution >= 0.6 is 0 Å². The van der Waals surface area contributed by atoms with Gasteiger partial charge in [-0.3, -0.25) is 9.48 Å². The Morgan fingerprint density at radius 2 is 1.85 bits per heavy atom. The molecule has 1 aromatic heterocycles. The minimum absolute atomic E-state index is 0.289. The van der Waals surface area contributed by atoms with Crippen molar-refractivity contribution in [3.63, 3.8) is 0 Å². The molecule has 0 saturated heterocycles. The fourth-order valence-electron chi connectivity index (χ4n) is 2.68. The van der Waals surface area contributed by atoms with E-state index in [0.29, 0.717) is 24.3 Å². The number of hydrogen-bond acceptors (Lipinski definition) is 4. The van der Waals surface area contributed by atoms with Crippen LogP contribution in [0, 0.1) is 20.8 Å². The number of aryl methyl sites for hydroxylation is 2. The second-order valence-corrected chi connectivity index (χ2v) is 6.53. The van der Waals surface area contributed by atoms with Crippen molar-refractivity contribution in [1.29, 1.82) is 0 Å². The summed E-state index contributed by atoms with van der Waals surface area (Å²) in [6.45, 7) is 10.3. The fourth-order valence-corrected chi connectivity index (χ4v) is 2.68. The first-order valence-electron chi connectivity index (χ1n) is 8.91. The molecule has 26 heavy (non-hydrogen) atoms. The predicted octanol–water partition coefficient (Wildman–Crippen LogP) is 2.93. The number of rotatable bonds is 7. The van der Waals surface area contributed by atoms with Crippen LogP contribution < -0.4 is 5.32 Å². The molecule has 0 radical (unpaired) electrons.